The molecule has 0 radical (unpaired) electrons. The molecule has 0 spiro atoms. The van der Waals surface area contributed by atoms with Crippen LogP contribution < -0.4 is 16.0 Å². The summed E-state index contributed by atoms with van der Waals surface area (Å²) in [6.07, 6.45) is 1.70. The third-order valence-corrected chi connectivity index (χ3v) is 3.58. The summed E-state index contributed by atoms with van der Waals surface area (Å²) in [6, 6.07) is -1.02. The first-order valence-electron chi connectivity index (χ1n) is 8.30. The number of esters is 1. The molecule has 1 aliphatic rings. The van der Waals surface area contributed by atoms with Crippen LogP contribution in [0, 0.1) is 5.92 Å². The van der Waals surface area contributed by atoms with Crippen LogP contribution in [0.25, 0.3) is 5.53 Å². The Balaban J connectivity index is 2.92. The zero-order valence-electron chi connectivity index (χ0n) is 15.4. The zero-order valence-corrected chi connectivity index (χ0v) is 15.4. The highest BCUT2D eigenvalue weighted by Gasteiger charge is 2.40. The van der Waals surface area contributed by atoms with Gasteiger partial charge >= 0.3 is 12.1 Å². The molecule has 1 rings (SSSR count). The van der Waals surface area contributed by atoms with E-state index < -0.39 is 29.3 Å². The van der Waals surface area contributed by atoms with Crippen molar-refractivity contribution in [3.8, 4) is 0 Å². The van der Waals surface area contributed by atoms with Crippen LogP contribution in [0.5, 0.6) is 0 Å². The lowest BCUT2D eigenvalue weighted by Gasteiger charge is -2.31. The van der Waals surface area contributed by atoms with Crippen molar-refractivity contribution in [2.45, 2.75) is 84.1 Å². The summed E-state index contributed by atoms with van der Waals surface area (Å²) in [5.41, 5.74) is 10.3. The van der Waals surface area contributed by atoms with E-state index in [1.54, 1.807) is 41.5 Å². The molecule has 3 N–H and O–H groups in total. The second-order valence-electron chi connectivity index (χ2n) is 8.11. The van der Waals surface area contributed by atoms with E-state index in [1.807, 2.05) is 5.22 Å². The Bertz CT molecular complexity index is 468. The lowest BCUT2D eigenvalue weighted by atomic mass is 9.94. The number of nitrogens with zero attached hydrogens (tertiary/aromatic N) is 1. The summed E-state index contributed by atoms with van der Waals surface area (Å²) in [5.74, 6) is -0.725. The summed E-state index contributed by atoms with van der Waals surface area (Å²) in [7, 11) is 0. The molecular formula is C16H30N4O4. The van der Waals surface area contributed by atoms with Crippen LogP contribution in [0.2, 0.25) is 0 Å². The average molecular weight is 342 g/mol. The molecule has 3 atom stereocenters. The quantitative estimate of drug-likeness (QED) is 0.392. The Labute approximate surface area is 143 Å². The fraction of sp³-hybridized carbons (Fsp3) is 0.875. The zero-order chi connectivity index (χ0) is 18.5. The van der Waals surface area contributed by atoms with Gasteiger partial charge in [-0.3, -0.25) is 5.43 Å². The Hall–Kier alpha value is -1.86. The average Bonchev–Trinajstić information content (AvgIpc) is 2.80. The Morgan fingerprint density at radius 3 is 2.17 bits per heavy atom. The van der Waals surface area contributed by atoms with E-state index in [4.69, 9.17) is 15.0 Å². The Morgan fingerprint density at radius 2 is 1.67 bits per heavy atom. The van der Waals surface area contributed by atoms with Gasteiger partial charge in [-0.05, 0) is 60.3 Å². The van der Waals surface area contributed by atoms with Crippen LogP contribution in [0.1, 0.15) is 60.8 Å². The molecule has 1 aliphatic carbocycles. The first-order chi connectivity index (χ1) is 10.9. The SMILES string of the molecule is CC(C)(C)OC(=O)N[C@H](C(=O)OC(C)(C)C)[C@@H]1CCC[C@H]1N[NH+]=[N-]. The molecule has 0 bridgehead atoms. The van der Waals surface area contributed by atoms with Gasteiger partial charge in [0.25, 0.3) is 0 Å². The van der Waals surface area contributed by atoms with Gasteiger partial charge in [-0.25, -0.2) is 9.59 Å². The van der Waals surface area contributed by atoms with Gasteiger partial charge in [-0.15, -0.1) is 0 Å². The number of ether oxygens (including phenoxy) is 2. The number of hydrogen-bond acceptors (Lipinski definition) is 4. The number of hydrogen-bond donors (Lipinski definition) is 3. The lowest BCUT2D eigenvalue weighted by molar-refractivity contribution is -0.556. The molecule has 0 unspecified atom stereocenters. The number of carbonyl (C=O) groups is 2. The van der Waals surface area contributed by atoms with Gasteiger partial charge in [0, 0.05) is 6.04 Å². The van der Waals surface area contributed by atoms with Crippen LogP contribution in [-0.4, -0.2) is 35.3 Å². The van der Waals surface area contributed by atoms with Crippen LogP contribution in [-0.2, 0) is 14.3 Å². The maximum Gasteiger partial charge on any atom is 0.408 e. The highest BCUT2D eigenvalue weighted by molar-refractivity contribution is 5.82. The molecule has 8 nitrogen and oxygen atoms in total. The summed E-state index contributed by atoms with van der Waals surface area (Å²) >= 11 is 0. The second-order valence-corrected chi connectivity index (χ2v) is 8.11. The Kier molecular flexibility index (Phi) is 6.57. The number of alkyl carbamates (subject to hydrolysis) is 1. The van der Waals surface area contributed by atoms with Crippen molar-refractivity contribution in [2.24, 2.45) is 5.92 Å². The molecule has 8 heteroatoms. The van der Waals surface area contributed by atoms with E-state index in [1.165, 1.54) is 0 Å². The van der Waals surface area contributed by atoms with Gasteiger partial charge in [-0.1, -0.05) is 6.42 Å². The smallest absolute Gasteiger partial charge is 0.408 e. The lowest BCUT2D eigenvalue weighted by Crippen LogP contribution is -2.79. The first-order valence-corrected chi connectivity index (χ1v) is 8.30. The molecule has 24 heavy (non-hydrogen) atoms. The van der Waals surface area contributed by atoms with Crippen molar-refractivity contribution in [1.82, 2.24) is 10.7 Å². The fourth-order valence-electron chi connectivity index (χ4n) is 2.79. The summed E-state index contributed by atoms with van der Waals surface area (Å²) in [5, 5.41) is 4.57. The predicted molar refractivity (Wildman–Crippen MR) is 87.6 cm³/mol. The largest absolute Gasteiger partial charge is 0.458 e. The molecule has 0 aromatic heterocycles. The fourth-order valence-corrected chi connectivity index (χ4v) is 2.79. The standard InChI is InChI=1S/C16H30N4O4/c1-15(2,3)23-13(21)12(18-14(22)24-16(4,5)6)10-8-7-9-11(10)19-20-17/h10-12,20H,7-9H2,1-6H3,(H2-,17,18,19,22)/t10-,11-,12+/m1/s1. The third kappa shape index (κ3) is 6.72. The van der Waals surface area contributed by atoms with Gasteiger partial charge in [0.05, 0.1) is 0 Å². The maximum absolute atomic E-state index is 12.6. The van der Waals surface area contributed by atoms with E-state index in [0.29, 0.717) is 0 Å². The molecule has 138 valence electrons. The molecule has 0 saturated heterocycles. The molecule has 0 aromatic carbocycles. The van der Waals surface area contributed by atoms with Crippen molar-refractivity contribution in [1.29, 1.82) is 0 Å². The summed E-state index contributed by atoms with van der Waals surface area (Å²) < 4.78 is 10.7. The highest BCUT2D eigenvalue weighted by atomic mass is 16.6. The molecule has 0 heterocycles. The van der Waals surface area contributed by atoms with Crippen molar-refractivity contribution in [3.05, 3.63) is 5.53 Å². The summed E-state index contributed by atoms with van der Waals surface area (Å²) in [4.78, 5) is 24.7. The molecule has 0 aromatic rings. The van der Waals surface area contributed by atoms with Gasteiger partial charge in [-0.2, -0.15) is 10.8 Å². The Morgan fingerprint density at radius 1 is 1.08 bits per heavy atom. The monoisotopic (exact) mass is 342 g/mol. The molecular weight excluding hydrogens is 312 g/mol. The van der Waals surface area contributed by atoms with E-state index in [2.05, 4.69) is 10.7 Å². The molecule has 1 amide bonds. The number of carbonyl (C=O) groups excluding carboxylic acids is 2. The first kappa shape index (κ1) is 20.2. The number of amides is 1. The topological polar surface area (TPSA) is 113 Å². The molecule has 1 fully saturated rings. The van der Waals surface area contributed by atoms with Crippen molar-refractivity contribution < 1.29 is 24.3 Å². The van der Waals surface area contributed by atoms with Crippen LogP contribution in [0.3, 0.4) is 0 Å². The minimum Gasteiger partial charge on any atom is -0.458 e. The molecule has 0 aliphatic heterocycles. The third-order valence-electron chi connectivity index (χ3n) is 3.58. The van der Waals surface area contributed by atoms with E-state index in [0.717, 1.165) is 19.3 Å². The van der Waals surface area contributed by atoms with Gasteiger partial charge in [0.1, 0.15) is 17.2 Å². The van der Waals surface area contributed by atoms with Crippen LogP contribution in [0.4, 0.5) is 4.79 Å². The second kappa shape index (κ2) is 7.81. The maximum atomic E-state index is 12.6. The highest BCUT2D eigenvalue weighted by Crippen LogP contribution is 2.29. The van der Waals surface area contributed by atoms with Gasteiger partial charge < -0.3 is 14.8 Å². The van der Waals surface area contributed by atoms with E-state index in [9.17, 15) is 9.59 Å². The van der Waals surface area contributed by atoms with E-state index >= 15 is 0 Å². The number of nitrogens with one attached hydrogen (secondary N) is 3. The van der Waals surface area contributed by atoms with Crippen molar-refractivity contribution in [3.63, 3.8) is 0 Å². The van der Waals surface area contributed by atoms with Gasteiger partial charge in [0.15, 0.2) is 0 Å². The van der Waals surface area contributed by atoms with Crippen molar-refractivity contribution in [2.75, 3.05) is 0 Å². The molecule has 1 saturated carbocycles. The minimum absolute atomic E-state index is 0.164. The number of hydrazine groups is 1. The summed E-state index contributed by atoms with van der Waals surface area (Å²) in [6.45, 7) is 10.6. The predicted octanol–water partition coefficient (Wildman–Crippen LogP) is 0.997. The van der Waals surface area contributed by atoms with E-state index in [-0.39, 0.29) is 12.0 Å². The minimum atomic E-state index is -0.854. The number of rotatable bonds is 5. The van der Waals surface area contributed by atoms with Crippen LogP contribution >= 0.6 is 0 Å². The van der Waals surface area contributed by atoms with Gasteiger partial charge in [0.2, 0.25) is 0 Å². The van der Waals surface area contributed by atoms with Crippen molar-refractivity contribution >= 4 is 12.1 Å². The normalized spacial score (nSPS) is 22.4. The van der Waals surface area contributed by atoms with Crippen LogP contribution in [0.15, 0.2) is 0 Å².